The normalized spacial score (nSPS) is 10.1. The standard InChI is InChI=1S/C12H13N3O3/c1-7-11(18-6-14-7)12(16)15-9-5-8(13)3-4-10(9)17-2/h3-6H,13H2,1-2H3,(H,15,16). The van der Waals surface area contributed by atoms with Gasteiger partial charge in [-0.25, -0.2) is 4.98 Å². The summed E-state index contributed by atoms with van der Waals surface area (Å²) in [6.45, 7) is 1.69. The number of nitrogens with two attached hydrogens (primary N) is 1. The van der Waals surface area contributed by atoms with Crippen molar-refractivity contribution in [2.75, 3.05) is 18.2 Å². The van der Waals surface area contributed by atoms with Crippen molar-refractivity contribution in [3.05, 3.63) is 36.0 Å². The van der Waals surface area contributed by atoms with E-state index in [2.05, 4.69) is 10.3 Å². The third-order valence-corrected chi connectivity index (χ3v) is 2.42. The van der Waals surface area contributed by atoms with Crippen LogP contribution < -0.4 is 15.8 Å². The van der Waals surface area contributed by atoms with E-state index >= 15 is 0 Å². The smallest absolute Gasteiger partial charge is 0.293 e. The molecule has 0 saturated carbocycles. The molecule has 18 heavy (non-hydrogen) atoms. The Kier molecular flexibility index (Phi) is 3.18. The Bertz CT molecular complexity index is 578. The number of carbonyl (C=O) groups is 1. The lowest BCUT2D eigenvalue weighted by Gasteiger charge is -2.09. The molecule has 3 N–H and O–H groups in total. The lowest BCUT2D eigenvalue weighted by atomic mass is 10.2. The molecule has 1 amide bonds. The molecular weight excluding hydrogens is 234 g/mol. The fourth-order valence-corrected chi connectivity index (χ4v) is 1.52. The fraction of sp³-hybridized carbons (Fsp3) is 0.167. The van der Waals surface area contributed by atoms with Crippen LogP contribution in [0.1, 0.15) is 16.2 Å². The van der Waals surface area contributed by atoms with Crippen LogP contribution in [-0.4, -0.2) is 18.0 Å². The van der Waals surface area contributed by atoms with Crippen LogP contribution >= 0.6 is 0 Å². The number of ether oxygens (including phenoxy) is 1. The van der Waals surface area contributed by atoms with E-state index in [0.717, 1.165) is 0 Å². The number of benzene rings is 1. The van der Waals surface area contributed by atoms with Gasteiger partial charge in [0.15, 0.2) is 6.39 Å². The number of oxazole rings is 1. The Labute approximate surface area is 104 Å². The van der Waals surface area contributed by atoms with Gasteiger partial charge in [-0.3, -0.25) is 4.79 Å². The third-order valence-electron chi connectivity index (χ3n) is 2.42. The summed E-state index contributed by atoms with van der Waals surface area (Å²) in [7, 11) is 1.51. The molecule has 0 aliphatic rings. The number of aromatic nitrogens is 1. The minimum absolute atomic E-state index is 0.166. The Hall–Kier alpha value is -2.50. The fourth-order valence-electron chi connectivity index (χ4n) is 1.52. The highest BCUT2D eigenvalue weighted by Crippen LogP contribution is 2.27. The zero-order chi connectivity index (χ0) is 13.1. The molecule has 0 radical (unpaired) electrons. The second-order valence-corrected chi connectivity index (χ2v) is 3.68. The maximum Gasteiger partial charge on any atom is 0.293 e. The van der Waals surface area contributed by atoms with E-state index in [4.69, 9.17) is 14.9 Å². The van der Waals surface area contributed by atoms with Crippen LogP contribution in [0.4, 0.5) is 11.4 Å². The van der Waals surface area contributed by atoms with Crippen LogP contribution in [0.2, 0.25) is 0 Å². The maximum absolute atomic E-state index is 11.9. The molecule has 2 aromatic rings. The second-order valence-electron chi connectivity index (χ2n) is 3.68. The Morgan fingerprint density at radius 1 is 1.50 bits per heavy atom. The van der Waals surface area contributed by atoms with E-state index in [1.807, 2.05) is 0 Å². The van der Waals surface area contributed by atoms with Gasteiger partial charge in [0.25, 0.3) is 5.91 Å². The van der Waals surface area contributed by atoms with Crippen molar-refractivity contribution in [1.82, 2.24) is 4.98 Å². The first kappa shape index (κ1) is 12.0. The molecule has 94 valence electrons. The van der Waals surface area contributed by atoms with Crippen LogP contribution in [-0.2, 0) is 0 Å². The van der Waals surface area contributed by atoms with Crippen LogP contribution in [0.3, 0.4) is 0 Å². The summed E-state index contributed by atoms with van der Waals surface area (Å²) in [5.41, 5.74) is 7.20. The van der Waals surface area contributed by atoms with E-state index in [9.17, 15) is 4.79 Å². The van der Waals surface area contributed by atoms with Gasteiger partial charge in [0.05, 0.1) is 18.5 Å². The van der Waals surface area contributed by atoms with Crippen LogP contribution in [0, 0.1) is 6.92 Å². The zero-order valence-corrected chi connectivity index (χ0v) is 10.1. The van der Waals surface area contributed by atoms with E-state index in [1.165, 1.54) is 13.5 Å². The molecule has 0 bridgehead atoms. The van der Waals surface area contributed by atoms with Crippen LogP contribution in [0.25, 0.3) is 0 Å². The van der Waals surface area contributed by atoms with Crippen molar-refractivity contribution < 1.29 is 13.9 Å². The SMILES string of the molecule is COc1ccc(N)cc1NC(=O)c1ocnc1C. The average molecular weight is 247 g/mol. The number of nitrogens with zero attached hydrogens (tertiary/aromatic N) is 1. The van der Waals surface area contributed by atoms with E-state index in [-0.39, 0.29) is 5.76 Å². The van der Waals surface area contributed by atoms with Gasteiger partial charge in [0.1, 0.15) is 5.75 Å². The van der Waals surface area contributed by atoms with Crippen molar-refractivity contribution in [3.8, 4) is 5.75 Å². The van der Waals surface area contributed by atoms with Gasteiger partial charge in [-0.05, 0) is 25.1 Å². The van der Waals surface area contributed by atoms with Gasteiger partial charge >= 0.3 is 0 Å². The first-order valence-corrected chi connectivity index (χ1v) is 5.26. The maximum atomic E-state index is 11.9. The molecule has 0 aliphatic heterocycles. The van der Waals surface area contributed by atoms with Gasteiger partial charge in [0, 0.05) is 5.69 Å². The highest BCUT2D eigenvalue weighted by atomic mass is 16.5. The summed E-state index contributed by atoms with van der Waals surface area (Å²) in [6, 6.07) is 4.98. The van der Waals surface area contributed by atoms with Crippen molar-refractivity contribution >= 4 is 17.3 Å². The minimum atomic E-state index is -0.395. The third kappa shape index (κ3) is 2.27. The average Bonchev–Trinajstić information content (AvgIpc) is 2.76. The topological polar surface area (TPSA) is 90.4 Å². The summed E-state index contributed by atoms with van der Waals surface area (Å²) in [6.07, 6.45) is 1.22. The number of amides is 1. The van der Waals surface area contributed by atoms with Crippen molar-refractivity contribution in [3.63, 3.8) is 0 Å². The molecule has 6 heteroatoms. The van der Waals surface area contributed by atoms with E-state index in [0.29, 0.717) is 22.8 Å². The predicted octanol–water partition coefficient (Wildman–Crippen LogP) is 1.83. The van der Waals surface area contributed by atoms with Crippen molar-refractivity contribution in [1.29, 1.82) is 0 Å². The number of hydrogen-bond acceptors (Lipinski definition) is 5. The van der Waals surface area contributed by atoms with Gasteiger partial charge in [0.2, 0.25) is 5.76 Å². The number of aryl methyl sites for hydroxylation is 1. The summed E-state index contributed by atoms with van der Waals surface area (Å²) in [5.74, 6) is 0.295. The second kappa shape index (κ2) is 4.79. The van der Waals surface area contributed by atoms with Crippen molar-refractivity contribution in [2.45, 2.75) is 6.92 Å². The summed E-state index contributed by atoms with van der Waals surface area (Å²) in [5, 5.41) is 2.67. The molecule has 6 nitrogen and oxygen atoms in total. The molecule has 0 saturated heterocycles. The number of nitrogen functional groups attached to an aromatic ring is 1. The first-order valence-electron chi connectivity index (χ1n) is 5.26. The number of carbonyl (C=O) groups excluding carboxylic acids is 1. The molecule has 0 aliphatic carbocycles. The molecule has 1 aromatic heterocycles. The monoisotopic (exact) mass is 247 g/mol. The molecule has 2 rings (SSSR count). The van der Waals surface area contributed by atoms with Crippen molar-refractivity contribution in [2.24, 2.45) is 0 Å². The number of methoxy groups -OCH3 is 1. The molecule has 1 heterocycles. The Morgan fingerprint density at radius 2 is 2.28 bits per heavy atom. The Morgan fingerprint density at radius 3 is 2.89 bits per heavy atom. The van der Waals surface area contributed by atoms with Gasteiger partial charge < -0.3 is 20.2 Å². The van der Waals surface area contributed by atoms with E-state index in [1.54, 1.807) is 25.1 Å². The summed E-state index contributed by atoms with van der Waals surface area (Å²) < 4.78 is 10.1. The predicted molar refractivity (Wildman–Crippen MR) is 66.6 cm³/mol. The molecule has 0 unspecified atom stereocenters. The molecule has 0 fully saturated rings. The molecule has 1 aromatic carbocycles. The largest absolute Gasteiger partial charge is 0.495 e. The van der Waals surface area contributed by atoms with Gasteiger partial charge in [-0.2, -0.15) is 0 Å². The lowest BCUT2D eigenvalue weighted by Crippen LogP contribution is -2.13. The van der Waals surface area contributed by atoms with Gasteiger partial charge in [-0.15, -0.1) is 0 Å². The zero-order valence-electron chi connectivity index (χ0n) is 10.1. The Balaban J connectivity index is 2.27. The minimum Gasteiger partial charge on any atom is -0.495 e. The number of rotatable bonds is 3. The van der Waals surface area contributed by atoms with Gasteiger partial charge in [-0.1, -0.05) is 0 Å². The molecule has 0 atom stereocenters. The number of anilines is 2. The van der Waals surface area contributed by atoms with E-state index < -0.39 is 5.91 Å². The summed E-state index contributed by atoms with van der Waals surface area (Å²) >= 11 is 0. The summed E-state index contributed by atoms with van der Waals surface area (Å²) in [4.78, 5) is 15.8. The lowest BCUT2D eigenvalue weighted by molar-refractivity contribution is 0.0995. The van der Waals surface area contributed by atoms with Crippen LogP contribution in [0.15, 0.2) is 29.0 Å². The highest BCUT2D eigenvalue weighted by Gasteiger charge is 2.16. The quantitative estimate of drug-likeness (QED) is 0.807. The number of hydrogen-bond donors (Lipinski definition) is 2. The van der Waals surface area contributed by atoms with Crippen LogP contribution in [0.5, 0.6) is 5.75 Å². The number of nitrogens with one attached hydrogen (secondary N) is 1. The molecular formula is C12H13N3O3. The molecule has 0 spiro atoms. The first-order chi connectivity index (χ1) is 8.61. The highest BCUT2D eigenvalue weighted by molar-refractivity contribution is 6.03.